The highest BCUT2D eigenvalue weighted by Crippen LogP contribution is 2.37. The second-order valence-corrected chi connectivity index (χ2v) is 10.9. The number of fused-ring (bicyclic) bond motifs is 1. The zero-order valence-corrected chi connectivity index (χ0v) is 18.2. The second-order valence-electron chi connectivity index (χ2n) is 6.93. The third-order valence-electron chi connectivity index (χ3n) is 5.16. The van der Waals surface area contributed by atoms with Crippen molar-refractivity contribution in [2.45, 2.75) is 23.5 Å². The van der Waals surface area contributed by atoms with Crippen LogP contribution in [0.2, 0.25) is 0 Å². The number of thioether (sulfide) groups is 1. The fraction of sp³-hybridized carbons (Fsp3) is 0.316. The molecule has 28 heavy (non-hydrogen) atoms. The molecule has 9 heteroatoms. The zero-order valence-electron chi connectivity index (χ0n) is 15.0. The van der Waals surface area contributed by atoms with Gasteiger partial charge in [0.05, 0.1) is 30.1 Å². The highest BCUT2D eigenvalue weighted by Gasteiger charge is 2.53. The quantitative estimate of drug-likeness (QED) is 0.487. The first-order valence-electron chi connectivity index (χ1n) is 8.67. The molecule has 4 rings (SSSR count). The summed E-state index contributed by atoms with van der Waals surface area (Å²) in [7, 11) is -3.27. The Kier molecular flexibility index (Phi) is 5.18. The van der Waals surface area contributed by atoms with Gasteiger partial charge in [0.2, 0.25) is 0 Å². The van der Waals surface area contributed by atoms with Gasteiger partial charge in [-0.1, -0.05) is 28.1 Å². The van der Waals surface area contributed by atoms with E-state index in [0.29, 0.717) is 15.7 Å². The maximum absolute atomic E-state index is 14.3. The Hall–Kier alpha value is -1.58. The Morgan fingerprint density at radius 2 is 1.93 bits per heavy atom. The smallest absolute Gasteiger partial charge is 0.314 e. The van der Waals surface area contributed by atoms with Crippen LogP contribution in [0.1, 0.15) is 5.56 Å². The van der Waals surface area contributed by atoms with Gasteiger partial charge in [-0.2, -0.15) is 0 Å². The van der Waals surface area contributed by atoms with Crippen LogP contribution >= 0.6 is 27.7 Å². The summed E-state index contributed by atoms with van der Waals surface area (Å²) in [6.45, 7) is 0.0351. The molecule has 2 aliphatic rings. The van der Waals surface area contributed by atoms with Crippen molar-refractivity contribution in [2.24, 2.45) is 0 Å². The van der Waals surface area contributed by atoms with Gasteiger partial charge < -0.3 is 4.90 Å². The van der Waals surface area contributed by atoms with E-state index in [9.17, 15) is 17.6 Å². The molecule has 0 bridgehead atoms. The van der Waals surface area contributed by atoms with E-state index in [1.807, 2.05) is 30.5 Å². The van der Waals surface area contributed by atoms with E-state index in [-0.39, 0.29) is 24.1 Å². The molecule has 2 aromatic rings. The number of hydrogen-bond acceptors (Lipinski definition) is 4. The highest BCUT2D eigenvalue weighted by molar-refractivity contribution is 9.10. The number of nitrogens with zero attached hydrogens (tertiary/aromatic N) is 2. The molecule has 2 aromatic carbocycles. The molecular formula is C19H18BrFN2O3S2. The SMILES string of the molecule is CSc1cccc(N2C(=O)N(Cc3ccc(Br)cc3F)[C@@H]3CS(=O)(=O)C[C@@H]32)c1. The number of benzene rings is 2. The molecule has 148 valence electrons. The molecule has 2 saturated heterocycles. The summed E-state index contributed by atoms with van der Waals surface area (Å²) >= 11 is 4.78. The lowest BCUT2D eigenvalue weighted by atomic mass is 10.1. The maximum Gasteiger partial charge on any atom is 0.325 e. The molecule has 5 nitrogen and oxygen atoms in total. The molecule has 0 unspecified atom stereocenters. The van der Waals surface area contributed by atoms with Crippen LogP contribution < -0.4 is 4.90 Å². The van der Waals surface area contributed by atoms with Gasteiger partial charge in [-0.15, -0.1) is 11.8 Å². The maximum atomic E-state index is 14.3. The summed E-state index contributed by atoms with van der Waals surface area (Å²) in [6.07, 6.45) is 1.94. The first-order valence-corrected chi connectivity index (χ1v) is 12.5. The van der Waals surface area contributed by atoms with Gasteiger partial charge in [0.15, 0.2) is 9.84 Å². The Morgan fingerprint density at radius 1 is 1.18 bits per heavy atom. The summed E-state index contributed by atoms with van der Waals surface area (Å²) in [5.74, 6) is -0.602. The van der Waals surface area contributed by atoms with Crippen LogP contribution in [0.25, 0.3) is 0 Å². The molecule has 2 atom stereocenters. The van der Waals surface area contributed by atoms with Crippen LogP contribution in [0.15, 0.2) is 51.8 Å². The van der Waals surface area contributed by atoms with E-state index in [1.54, 1.807) is 28.8 Å². The number of halogens is 2. The van der Waals surface area contributed by atoms with Gasteiger partial charge in [-0.05, 0) is 36.6 Å². The normalized spacial score (nSPS) is 23.3. The molecule has 0 saturated carbocycles. The lowest BCUT2D eigenvalue weighted by Gasteiger charge is -2.23. The van der Waals surface area contributed by atoms with Crippen LogP contribution in [0.5, 0.6) is 0 Å². The van der Waals surface area contributed by atoms with E-state index in [4.69, 9.17) is 0 Å². The molecule has 0 spiro atoms. The van der Waals surface area contributed by atoms with Crippen LogP contribution in [0.3, 0.4) is 0 Å². The second kappa shape index (κ2) is 7.35. The van der Waals surface area contributed by atoms with E-state index in [1.165, 1.54) is 11.0 Å². The van der Waals surface area contributed by atoms with Gasteiger partial charge in [0.1, 0.15) is 5.82 Å². The molecule has 2 fully saturated rings. The minimum atomic E-state index is -3.27. The van der Waals surface area contributed by atoms with E-state index in [2.05, 4.69) is 15.9 Å². The third kappa shape index (κ3) is 3.55. The summed E-state index contributed by atoms with van der Waals surface area (Å²) in [5, 5.41) is 0. The Bertz CT molecular complexity index is 1050. The lowest BCUT2D eigenvalue weighted by Crippen LogP contribution is -2.37. The summed E-state index contributed by atoms with van der Waals surface area (Å²) in [6, 6.07) is 10.9. The van der Waals surface area contributed by atoms with E-state index in [0.717, 1.165) is 4.90 Å². The molecule has 2 aliphatic heterocycles. The van der Waals surface area contributed by atoms with Crippen LogP contribution in [0.4, 0.5) is 14.9 Å². The van der Waals surface area contributed by atoms with Crippen molar-refractivity contribution in [3.05, 3.63) is 58.3 Å². The summed E-state index contributed by atoms with van der Waals surface area (Å²) in [5.41, 5.74) is 1.03. The zero-order chi connectivity index (χ0) is 20.1. The first kappa shape index (κ1) is 19.7. The highest BCUT2D eigenvalue weighted by atomic mass is 79.9. The van der Waals surface area contributed by atoms with Gasteiger partial charge in [0.25, 0.3) is 0 Å². The molecule has 0 N–H and O–H groups in total. The molecule has 2 heterocycles. The molecule has 0 aromatic heterocycles. The van der Waals surface area contributed by atoms with Crippen molar-refractivity contribution in [3.63, 3.8) is 0 Å². The van der Waals surface area contributed by atoms with E-state index < -0.39 is 27.7 Å². The number of urea groups is 1. The third-order valence-corrected chi connectivity index (χ3v) is 8.08. The summed E-state index contributed by atoms with van der Waals surface area (Å²) in [4.78, 5) is 17.3. The minimum absolute atomic E-state index is 0.0351. The molecule has 0 radical (unpaired) electrons. The molecule has 0 aliphatic carbocycles. The largest absolute Gasteiger partial charge is 0.325 e. The standard InChI is InChI=1S/C19H18BrFN2O3S2/c1-27-15-4-2-3-14(8-15)23-18-11-28(25,26)10-17(18)22(19(23)24)9-12-5-6-13(20)7-16(12)21/h2-8,17-18H,9-11H2,1H3/t17-,18+/m1/s1. The number of rotatable bonds is 4. The predicted molar refractivity (Wildman–Crippen MR) is 112 cm³/mol. The topological polar surface area (TPSA) is 57.7 Å². The minimum Gasteiger partial charge on any atom is -0.314 e. The van der Waals surface area contributed by atoms with Crippen molar-refractivity contribution in [2.75, 3.05) is 22.7 Å². The Labute approximate surface area is 175 Å². The van der Waals surface area contributed by atoms with Crippen molar-refractivity contribution in [3.8, 4) is 0 Å². The first-order chi connectivity index (χ1) is 13.3. The van der Waals surface area contributed by atoms with Gasteiger partial charge in [0, 0.05) is 20.6 Å². The number of carbonyl (C=O) groups is 1. The summed E-state index contributed by atoms with van der Waals surface area (Å²) < 4.78 is 39.6. The number of hydrogen-bond donors (Lipinski definition) is 0. The van der Waals surface area contributed by atoms with Crippen molar-refractivity contribution in [1.82, 2.24) is 4.90 Å². The van der Waals surface area contributed by atoms with Crippen LogP contribution in [0, 0.1) is 5.82 Å². The van der Waals surface area contributed by atoms with Crippen LogP contribution in [-0.4, -0.2) is 49.2 Å². The van der Waals surface area contributed by atoms with Gasteiger partial charge in [-0.25, -0.2) is 17.6 Å². The van der Waals surface area contributed by atoms with Crippen molar-refractivity contribution < 1.29 is 17.6 Å². The Morgan fingerprint density at radius 3 is 2.64 bits per heavy atom. The average Bonchev–Trinajstić information content (AvgIpc) is 3.07. The number of carbonyl (C=O) groups excluding carboxylic acids is 1. The fourth-order valence-electron chi connectivity index (χ4n) is 3.86. The Balaban J connectivity index is 1.72. The molecular weight excluding hydrogens is 467 g/mol. The van der Waals surface area contributed by atoms with Gasteiger partial charge >= 0.3 is 6.03 Å². The molecule has 2 amide bonds. The number of sulfone groups is 1. The number of anilines is 1. The lowest BCUT2D eigenvalue weighted by molar-refractivity contribution is 0.205. The van der Waals surface area contributed by atoms with Crippen LogP contribution in [-0.2, 0) is 16.4 Å². The van der Waals surface area contributed by atoms with E-state index >= 15 is 0 Å². The van der Waals surface area contributed by atoms with Crippen molar-refractivity contribution in [1.29, 1.82) is 0 Å². The predicted octanol–water partition coefficient (Wildman–Crippen LogP) is 3.92. The average molecular weight is 485 g/mol. The number of amides is 2. The van der Waals surface area contributed by atoms with Crippen molar-refractivity contribution >= 4 is 49.2 Å². The fourth-order valence-corrected chi connectivity index (χ4v) is 6.59. The van der Waals surface area contributed by atoms with Gasteiger partial charge in [-0.3, -0.25) is 4.90 Å². The monoisotopic (exact) mass is 484 g/mol.